The van der Waals surface area contributed by atoms with Crippen LogP contribution >= 0.6 is 0 Å². The number of aliphatic hydroxyl groups is 1. The molecule has 0 amide bonds. The van der Waals surface area contributed by atoms with Crippen LogP contribution in [0.2, 0.25) is 0 Å². The Labute approximate surface area is 107 Å². The second-order valence-corrected chi connectivity index (χ2v) is 5.00. The van der Waals surface area contributed by atoms with Gasteiger partial charge in [-0.2, -0.15) is 4.98 Å². The van der Waals surface area contributed by atoms with Gasteiger partial charge in [0.2, 0.25) is 5.95 Å². The molecular weight excluding hydrogens is 230 g/mol. The van der Waals surface area contributed by atoms with Gasteiger partial charge in [-0.15, -0.1) is 0 Å². The van der Waals surface area contributed by atoms with Crippen molar-refractivity contribution in [3.05, 3.63) is 11.8 Å². The molecule has 0 radical (unpaired) electrons. The quantitative estimate of drug-likeness (QED) is 0.474. The molecule has 0 saturated heterocycles. The summed E-state index contributed by atoms with van der Waals surface area (Å²) in [4.78, 5) is 8.31. The molecule has 0 spiro atoms. The predicted molar refractivity (Wildman–Crippen MR) is 71.1 cm³/mol. The largest absolute Gasteiger partial charge is 0.388 e. The molecular formula is C12H21N5O. The molecule has 18 heavy (non-hydrogen) atoms. The maximum atomic E-state index is 10.4. The van der Waals surface area contributed by atoms with Crippen molar-refractivity contribution in [2.45, 2.75) is 44.6 Å². The van der Waals surface area contributed by atoms with Crippen molar-refractivity contribution in [3.8, 4) is 0 Å². The van der Waals surface area contributed by atoms with Gasteiger partial charge >= 0.3 is 0 Å². The Bertz CT molecular complexity index is 403. The van der Waals surface area contributed by atoms with E-state index in [0.717, 1.165) is 31.4 Å². The molecule has 6 heteroatoms. The van der Waals surface area contributed by atoms with Crippen LogP contribution in [0.1, 0.15) is 37.8 Å². The Morgan fingerprint density at radius 1 is 1.33 bits per heavy atom. The topological polar surface area (TPSA) is 96.1 Å². The number of hydrogen-bond acceptors (Lipinski definition) is 6. The molecule has 1 heterocycles. The first-order valence-corrected chi connectivity index (χ1v) is 6.40. The highest BCUT2D eigenvalue weighted by molar-refractivity contribution is 5.41. The molecule has 5 N–H and O–H groups in total. The van der Waals surface area contributed by atoms with E-state index in [1.165, 1.54) is 6.42 Å². The molecule has 1 aromatic heterocycles. The van der Waals surface area contributed by atoms with E-state index in [4.69, 9.17) is 5.84 Å². The molecule has 100 valence electrons. The number of rotatable bonds is 4. The van der Waals surface area contributed by atoms with Gasteiger partial charge in [-0.05, 0) is 19.8 Å². The first kappa shape index (κ1) is 13.0. The average Bonchev–Trinajstić information content (AvgIpc) is 2.37. The molecule has 1 aliphatic carbocycles. The molecule has 0 atom stereocenters. The second-order valence-electron chi connectivity index (χ2n) is 5.00. The fourth-order valence-electron chi connectivity index (χ4n) is 2.37. The monoisotopic (exact) mass is 251 g/mol. The summed E-state index contributed by atoms with van der Waals surface area (Å²) < 4.78 is 0. The van der Waals surface area contributed by atoms with E-state index < -0.39 is 5.60 Å². The Kier molecular flexibility index (Phi) is 3.98. The number of anilines is 2. The second kappa shape index (κ2) is 5.49. The van der Waals surface area contributed by atoms with Crippen molar-refractivity contribution in [1.29, 1.82) is 0 Å². The standard InChI is InChI=1S/C12H21N5O/c1-9-7-10(16-11(15-9)17-13)14-8-12(18)5-3-2-4-6-12/h7,18H,2-6,8,13H2,1H3,(H2,14,15,16,17). The van der Waals surface area contributed by atoms with Crippen molar-refractivity contribution >= 4 is 11.8 Å². The lowest BCUT2D eigenvalue weighted by Crippen LogP contribution is -2.39. The smallest absolute Gasteiger partial charge is 0.239 e. The van der Waals surface area contributed by atoms with E-state index in [-0.39, 0.29) is 0 Å². The van der Waals surface area contributed by atoms with E-state index in [0.29, 0.717) is 18.3 Å². The van der Waals surface area contributed by atoms with Crippen LogP contribution in [0.5, 0.6) is 0 Å². The first-order chi connectivity index (χ1) is 8.61. The summed E-state index contributed by atoms with van der Waals surface area (Å²) in [6.07, 6.45) is 5.11. The lowest BCUT2D eigenvalue weighted by atomic mass is 9.85. The third-order valence-corrected chi connectivity index (χ3v) is 3.37. The minimum absolute atomic E-state index is 0.383. The number of nitrogens with one attached hydrogen (secondary N) is 2. The summed E-state index contributed by atoms with van der Waals surface area (Å²) in [6.45, 7) is 2.40. The van der Waals surface area contributed by atoms with E-state index in [2.05, 4.69) is 20.7 Å². The van der Waals surface area contributed by atoms with E-state index in [1.807, 2.05) is 13.0 Å². The lowest BCUT2D eigenvalue weighted by molar-refractivity contribution is 0.0166. The highest BCUT2D eigenvalue weighted by Crippen LogP contribution is 2.28. The Balaban J connectivity index is 1.98. The number of aromatic nitrogens is 2. The highest BCUT2D eigenvalue weighted by atomic mass is 16.3. The van der Waals surface area contributed by atoms with Crippen LogP contribution in [0.15, 0.2) is 6.07 Å². The highest BCUT2D eigenvalue weighted by Gasteiger charge is 2.28. The van der Waals surface area contributed by atoms with Crippen molar-refractivity contribution in [2.75, 3.05) is 17.3 Å². The Morgan fingerprint density at radius 3 is 2.72 bits per heavy atom. The van der Waals surface area contributed by atoms with E-state index >= 15 is 0 Å². The lowest BCUT2D eigenvalue weighted by Gasteiger charge is -2.32. The van der Waals surface area contributed by atoms with Crippen LogP contribution < -0.4 is 16.6 Å². The van der Waals surface area contributed by atoms with Gasteiger partial charge in [-0.1, -0.05) is 19.3 Å². The van der Waals surface area contributed by atoms with E-state index in [1.54, 1.807) is 0 Å². The van der Waals surface area contributed by atoms with E-state index in [9.17, 15) is 5.11 Å². The number of hydrazine groups is 1. The predicted octanol–water partition coefficient (Wildman–Crippen LogP) is 1.18. The molecule has 0 aromatic carbocycles. The number of hydrogen-bond donors (Lipinski definition) is 4. The van der Waals surface area contributed by atoms with Crippen LogP contribution in [0.3, 0.4) is 0 Å². The molecule has 1 aromatic rings. The zero-order valence-electron chi connectivity index (χ0n) is 10.7. The van der Waals surface area contributed by atoms with Gasteiger partial charge in [0.15, 0.2) is 0 Å². The van der Waals surface area contributed by atoms with Gasteiger partial charge in [-0.25, -0.2) is 10.8 Å². The molecule has 1 saturated carbocycles. The minimum atomic E-state index is -0.604. The van der Waals surface area contributed by atoms with Crippen molar-refractivity contribution in [1.82, 2.24) is 9.97 Å². The minimum Gasteiger partial charge on any atom is -0.388 e. The molecule has 0 bridgehead atoms. The van der Waals surface area contributed by atoms with Gasteiger partial charge in [0.05, 0.1) is 5.60 Å². The molecule has 6 nitrogen and oxygen atoms in total. The van der Waals surface area contributed by atoms with Crippen molar-refractivity contribution in [3.63, 3.8) is 0 Å². The van der Waals surface area contributed by atoms with Gasteiger partial charge in [0.25, 0.3) is 0 Å². The zero-order chi connectivity index (χ0) is 13.0. The molecule has 2 rings (SSSR count). The molecule has 0 aliphatic heterocycles. The summed E-state index contributed by atoms with van der Waals surface area (Å²) in [5.41, 5.74) is 2.66. The molecule has 1 fully saturated rings. The van der Waals surface area contributed by atoms with Crippen LogP contribution in [0.4, 0.5) is 11.8 Å². The number of nitrogens with two attached hydrogens (primary N) is 1. The van der Waals surface area contributed by atoms with Crippen LogP contribution in [0.25, 0.3) is 0 Å². The maximum absolute atomic E-state index is 10.4. The zero-order valence-corrected chi connectivity index (χ0v) is 10.7. The summed E-state index contributed by atoms with van der Waals surface area (Å²) >= 11 is 0. The van der Waals surface area contributed by atoms with Crippen molar-refractivity contribution < 1.29 is 5.11 Å². The fourth-order valence-corrected chi connectivity index (χ4v) is 2.37. The Morgan fingerprint density at radius 2 is 2.06 bits per heavy atom. The van der Waals surface area contributed by atoms with Crippen LogP contribution in [-0.4, -0.2) is 27.2 Å². The first-order valence-electron chi connectivity index (χ1n) is 6.40. The maximum Gasteiger partial charge on any atom is 0.239 e. The third-order valence-electron chi connectivity index (χ3n) is 3.37. The SMILES string of the molecule is Cc1cc(NCC2(O)CCCCC2)nc(NN)n1. The number of nitrogen functional groups attached to an aromatic ring is 1. The normalized spacial score (nSPS) is 18.4. The average molecular weight is 251 g/mol. The number of aryl methyl sites for hydroxylation is 1. The summed E-state index contributed by atoms with van der Waals surface area (Å²) in [6, 6.07) is 1.84. The van der Waals surface area contributed by atoms with Gasteiger partial charge in [-0.3, -0.25) is 5.43 Å². The summed E-state index contributed by atoms with van der Waals surface area (Å²) in [5.74, 6) is 6.37. The molecule has 0 unspecified atom stereocenters. The molecule has 1 aliphatic rings. The van der Waals surface area contributed by atoms with Crippen molar-refractivity contribution in [2.24, 2.45) is 5.84 Å². The Hall–Kier alpha value is -1.40. The van der Waals surface area contributed by atoms with Crippen LogP contribution in [-0.2, 0) is 0 Å². The summed E-state index contributed by atoms with van der Waals surface area (Å²) in [5, 5.41) is 13.6. The van der Waals surface area contributed by atoms with Gasteiger partial charge in [0.1, 0.15) is 5.82 Å². The van der Waals surface area contributed by atoms with Gasteiger partial charge in [0, 0.05) is 18.3 Å². The summed E-state index contributed by atoms with van der Waals surface area (Å²) in [7, 11) is 0. The third kappa shape index (κ3) is 3.30. The number of nitrogens with zero attached hydrogens (tertiary/aromatic N) is 2. The van der Waals surface area contributed by atoms with Gasteiger partial charge < -0.3 is 10.4 Å². The fraction of sp³-hybridized carbons (Fsp3) is 0.667. The van der Waals surface area contributed by atoms with Crippen LogP contribution in [0, 0.1) is 6.92 Å².